The molecule has 0 fully saturated rings. The Balaban J connectivity index is 1.97. The highest BCUT2D eigenvalue weighted by Gasteiger charge is 2.12. The second kappa shape index (κ2) is 6.75. The highest BCUT2D eigenvalue weighted by atomic mass is 16.5. The van der Waals surface area contributed by atoms with Crippen molar-refractivity contribution in [3.05, 3.63) is 41.7 Å². The number of carboxylic acids is 1. The van der Waals surface area contributed by atoms with Crippen LogP contribution in [0.5, 0.6) is 5.75 Å². The lowest BCUT2D eigenvalue weighted by atomic mass is 10.1. The lowest BCUT2D eigenvalue weighted by Crippen LogP contribution is -2.12. The van der Waals surface area contributed by atoms with Gasteiger partial charge in [-0.15, -0.1) is 0 Å². The molecule has 0 radical (unpaired) electrons. The van der Waals surface area contributed by atoms with Gasteiger partial charge in [0.05, 0.1) is 0 Å². The molecule has 0 aliphatic carbocycles. The molecular weight excluding hydrogens is 286 g/mol. The van der Waals surface area contributed by atoms with Gasteiger partial charge in [0, 0.05) is 11.4 Å². The molecule has 0 saturated heterocycles. The van der Waals surface area contributed by atoms with Crippen molar-refractivity contribution in [1.82, 2.24) is 10.2 Å². The van der Waals surface area contributed by atoms with Gasteiger partial charge in [-0.2, -0.15) is 5.10 Å². The molecule has 3 N–H and O–H groups in total. The maximum absolute atomic E-state index is 12.0. The molecule has 0 unspecified atom stereocenters. The lowest BCUT2D eigenvalue weighted by Gasteiger charge is -2.06. The van der Waals surface area contributed by atoms with Crippen LogP contribution >= 0.6 is 0 Å². The Morgan fingerprint density at radius 2 is 2.00 bits per heavy atom. The van der Waals surface area contributed by atoms with Gasteiger partial charge in [0.2, 0.25) is 0 Å². The molecule has 22 heavy (non-hydrogen) atoms. The third-order valence-electron chi connectivity index (χ3n) is 2.93. The zero-order valence-electron chi connectivity index (χ0n) is 12.3. The maximum atomic E-state index is 12.0. The van der Waals surface area contributed by atoms with Crippen LogP contribution in [0.15, 0.2) is 30.3 Å². The van der Waals surface area contributed by atoms with E-state index in [2.05, 4.69) is 15.5 Å². The number of hydrogen-bond acceptors (Lipinski definition) is 4. The van der Waals surface area contributed by atoms with Gasteiger partial charge in [-0.3, -0.25) is 9.89 Å². The molecule has 0 aliphatic heterocycles. The first-order valence-electron chi connectivity index (χ1n) is 6.77. The van der Waals surface area contributed by atoms with Crippen LogP contribution in [0.4, 0.5) is 5.69 Å². The van der Waals surface area contributed by atoms with E-state index in [4.69, 9.17) is 9.84 Å². The molecule has 0 spiro atoms. The minimum absolute atomic E-state index is 0.264. The van der Waals surface area contributed by atoms with E-state index in [9.17, 15) is 9.59 Å². The molecule has 7 nitrogen and oxygen atoms in total. The van der Waals surface area contributed by atoms with Gasteiger partial charge in [-0.25, -0.2) is 4.79 Å². The van der Waals surface area contributed by atoms with Gasteiger partial charge in [0.15, 0.2) is 12.3 Å². The summed E-state index contributed by atoms with van der Waals surface area (Å²) in [5.74, 6) is -0.679. The maximum Gasteiger partial charge on any atom is 0.341 e. The van der Waals surface area contributed by atoms with E-state index < -0.39 is 12.6 Å². The van der Waals surface area contributed by atoms with Crippen LogP contribution in [0.3, 0.4) is 0 Å². The summed E-state index contributed by atoms with van der Waals surface area (Å²) in [5, 5.41) is 18.0. The molecule has 0 bridgehead atoms. The van der Waals surface area contributed by atoms with Crippen molar-refractivity contribution in [1.29, 1.82) is 0 Å². The number of benzene rings is 1. The molecular formula is C15H17N3O4. The number of aromatic nitrogens is 2. The number of carboxylic acid groups (broad SMARTS) is 1. The summed E-state index contributed by atoms with van der Waals surface area (Å²) in [7, 11) is 0. The number of rotatable bonds is 6. The van der Waals surface area contributed by atoms with Gasteiger partial charge in [0.25, 0.3) is 5.91 Å². The van der Waals surface area contributed by atoms with Crippen LogP contribution in [0, 0.1) is 0 Å². The molecule has 1 heterocycles. The zero-order chi connectivity index (χ0) is 16.1. The molecule has 7 heteroatoms. The number of aliphatic carboxylic acids is 1. The predicted molar refractivity (Wildman–Crippen MR) is 80.2 cm³/mol. The van der Waals surface area contributed by atoms with E-state index in [-0.39, 0.29) is 11.8 Å². The fourth-order valence-electron chi connectivity index (χ4n) is 1.72. The zero-order valence-corrected chi connectivity index (χ0v) is 12.3. The number of carbonyl (C=O) groups excluding carboxylic acids is 1. The number of hydrogen-bond donors (Lipinski definition) is 3. The van der Waals surface area contributed by atoms with Crippen LogP contribution in [0.2, 0.25) is 0 Å². The first-order valence-corrected chi connectivity index (χ1v) is 6.77. The third kappa shape index (κ3) is 4.08. The summed E-state index contributed by atoms with van der Waals surface area (Å²) in [6, 6.07) is 8.14. The molecule has 0 aliphatic rings. The van der Waals surface area contributed by atoms with Crippen LogP contribution < -0.4 is 10.1 Å². The highest BCUT2D eigenvalue weighted by Crippen LogP contribution is 2.17. The van der Waals surface area contributed by atoms with E-state index in [1.807, 2.05) is 13.8 Å². The van der Waals surface area contributed by atoms with Gasteiger partial charge >= 0.3 is 5.97 Å². The number of ether oxygens (including phenoxy) is 1. The van der Waals surface area contributed by atoms with Crippen LogP contribution in [0.25, 0.3) is 0 Å². The Hall–Kier alpha value is -2.83. The molecule has 1 amide bonds. The van der Waals surface area contributed by atoms with Crippen molar-refractivity contribution in [3.8, 4) is 5.75 Å². The van der Waals surface area contributed by atoms with Crippen molar-refractivity contribution in [3.63, 3.8) is 0 Å². The Bertz CT molecular complexity index is 662. The number of aromatic amines is 1. The van der Waals surface area contributed by atoms with Crippen LogP contribution in [0.1, 0.15) is 35.9 Å². The molecule has 2 aromatic rings. The summed E-state index contributed by atoms with van der Waals surface area (Å²) in [5.41, 5.74) is 1.78. The van der Waals surface area contributed by atoms with Crippen molar-refractivity contribution >= 4 is 17.6 Å². The van der Waals surface area contributed by atoms with Gasteiger partial charge < -0.3 is 15.2 Å². The molecule has 0 atom stereocenters. The quantitative estimate of drug-likeness (QED) is 0.759. The summed E-state index contributed by atoms with van der Waals surface area (Å²) in [6.45, 7) is 3.60. The fourth-order valence-corrected chi connectivity index (χ4v) is 1.72. The first kappa shape index (κ1) is 15.6. The largest absolute Gasteiger partial charge is 0.482 e. The Kier molecular flexibility index (Phi) is 4.77. The van der Waals surface area contributed by atoms with E-state index in [0.717, 1.165) is 5.69 Å². The molecule has 1 aromatic heterocycles. The summed E-state index contributed by atoms with van der Waals surface area (Å²) < 4.78 is 5.01. The van der Waals surface area contributed by atoms with E-state index in [1.54, 1.807) is 30.3 Å². The molecule has 0 saturated carbocycles. The van der Waals surface area contributed by atoms with Crippen molar-refractivity contribution < 1.29 is 19.4 Å². The standard InChI is InChI=1S/C15H17N3O4/c1-9(2)12-7-13(18-17-12)15(21)16-10-3-5-11(6-4-10)22-8-14(19)20/h3-7,9H,8H2,1-2H3,(H,16,21)(H,17,18)(H,19,20). The fraction of sp³-hybridized carbons (Fsp3) is 0.267. The molecule has 116 valence electrons. The number of H-pyrrole nitrogens is 1. The third-order valence-corrected chi connectivity index (χ3v) is 2.93. The summed E-state index contributed by atoms with van der Waals surface area (Å²) in [4.78, 5) is 22.4. The van der Waals surface area contributed by atoms with E-state index >= 15 is 0 Å². The monoisotopic (exact) mass is 303 g/mol. The number of anilines is 1. The van der Waals surface area contributed by atoms with Crippen LogP contribution in [-0.2, 0) is 4.79 Å². The smallest absolute Gasteiger partial charge is 0.341 e. The normalized spacial score (nSPS) is 10.5. The van der Waals surface area contributed by atoms with Crippen molar-refractivity contribution in [2.75, 3.05) is 11.9 Å². The minimum atomic E-state index is -1.04. The van der Waals surface area contributed by atoms with Gasteiger partial charge in [0.1, 0.15) is 5.75 Å². The van der Waals surface area contributed by atoms with E-state index in [1.165, 1.54) is 0 Å². The first-order chi connectivity index (χ1) is 10.5. The van der Waals surface area contributed by atoms with Crippen LogP contribution in [-0.4, -0.2) is 33.8 Å². The Morgan fingerprint density at radius 3 is 2.55 bits per heavy atom. The molecule has 2 rings (SSSR count). The lowest BCUT2D eigenvalue weighted by molar-refractivity contribution is -0.139. The predicted octanol–water partition coefficient (Wildman–Crippen LogP) is 2.25. The second-order valence-corrected chi connectivity index (χ2v) is 5.02. The highest BCUT2D eigenvalue weighted by molar-refractivity contribution is 6.02. The van der Waals surface area contributed by atoms with Gasteiger partial charge in [-0.1, -0.05) is 13.8 Å². The number of amides is 1. The topological polar surface area (TPSA) is 104 Å². The number of nitrogens with zero attached hydrogens (tertiary/aromatic N) is 1. The number of nitrogens with one attached hydrogen (secondary N) is 2. The molecule has 1 aromatic carbocycles. The average Bonchev–Trinajstić information content (AvgIpc) is 2.96. The summed E-state index contributed by atoms with van der Waals surface area (Å²) in [6.07, 6.45) is 0. The SMILES string of the molecule is CC(C)c1cc(C(=O)Nc2ccc(OCC(=O)O)cc2)n[nH]1. The Morgan fingerprint density at radius 1 is 1.32 bits per heavy atom. The van der Waals surface area contributed by atoms with Gasteiger partial charge in [-0.05, 0) is 36.2 Å². The minimum Gasteiger partial charge on any atom is -0.482 e. The Labute approximate surface area is 127 Å². The van der Waals surface area contributed by atoms with Crippen molar-refractivity contribution in [2.45, 2.75) is 19.8 Å². The second-order valence-electron chi connectivity index (χ2n) is 5.02. The van der Waals surface area contributed by atoms with E-state index in [0.29, 0.717) is 17.1 Å². The summed E-state index contributed by atoms with van der Waals surface area (Å²) >= 11 is 0. The number of carbonyl (C=O) groups is 2. The van der Waals surface area contributed by atoms with Crippen molar-refractivity contribution in [2.24, 2.45) is 0 Å². The average molecular weight is 303 g/mol.